The number of nitriles is 1. The van der Waals surface area contributed by atoms with Crippen molar-refractivity contribution in [3.8, 4) is 11.9 Å². The number of imidazole rings is 1. The second-order valence-corrected chi connectivity index (χ2v) is 8.48. The first-order valence-corrected chi connectivity index (χ1v) is 11.1. The summed E-state index contributed by atoms with van der Waals surface area (Å²) in [7, 11) is 0. The van der Waals surface area contributed by atoms with Gasteiger partial charge in [-0.05, 0) is 35.9 Å². The van der Waals surface area contributed by atoms with Crippen LogP contribution in [0, 0.1) is 17.2 Å². The minimum atomic E-state index is -5.08. The monoisotopic (exact) mass is 566 g/mol. The van der Waals surface area contributed by atoms with Crippen LogP contribution in [0.4, 0.5) is 26.3 Å². The van der Waals surface area contributed by atoms with E-state index in [0.717, 1.165) is 11.0 Å². The number of halogens is 7. The summed E-state index contributed by atoms with van der Waals surface area (Å²) in [5.41, 5.74) is -4.18. The van der Waals surface area contributed by atoms with Crippen LogP contribution >= 0.6 is 11.6 Å². The van der Waals surface area contributed by atoms with Gasteiger partial charge in [0.25, 0.3) is 0 Å². The molecule has 0 aliphatic heterocycles. The van der Waals surface area contributed by atoms with Gasteiger partial charge in [-0.2, -0.15) is 31.6 Å². The van der Waals surface area contributed by atoms with Gasteiger partial charge in [0.05, 0.1) is 28.8 Å². The molecule has 1 atom stereocenters. The highest BCUT2D eigenvalue weighted by Gasteiger charge is 2.38. The average molecular weight is 567 g/mol. The molecule has 200 valence electrons. The summed E-state index contributed by atoms with van der Waals surface area (Å²) >= 11 is 6.02. The molecular formula is C24H13ClF6N6O2. The van der Waals surface area contributed by atoms with Crippen LogP contribution in [-0.2, 0) is 18.9 Å². The Morgan fingerprint density at radius 3 is 2.18 bits per heavy atom. The highest BCUT2D eigenvalue weighted by atomic mass is 35.5. The van der Waals surface area contributed by atoms with Gasteiger partial charge in [-0.1, -0.05) is 28.9 Å². The molecule has 8 nitrogen and oxygen atoms in total. The topological polar surface area (TPSA) is 106 Å². The quantitative estimate of drug-likeness (QED) is 0.168. The van der Waals surface area contributed by atoms with E-state index in [1.54, 1.807) is 6.07 Å². The minimum Gasteiger partial charge on any atom is -0.292 e. The van der Waals surface area contributed by atoms with Crippen molar-refractivity contribution >= 4 is 23.2 Å². The number of rotatable bonds is 7. The summed E-state index contributed by atoms with van der Waals surface area (Å²) in [5, 5.41) is 17.1. The maximum absolute atomic E-state index is 13.3. The maximum atomic E-state index is 13.3. The Balaban J connectivity index is 1.79. The van der Waals surface area contributed by atoms with Crippen LogP contribution in [0.5, 0.6) is 0 Å². The molecular weight excluding hydrogens is 554 g/mol. The molecule has 15 heteroatoms. The summed E-state index contributed by atoms with van der Waals surface area (Å²) in [6, 6.07) is 8.28. The molecule has 2 aromatic carbocycles. The second-order valence-electron chi connectivity index (χ2n) is 8.07. The molecule has 4 rings (SSSR count). The molecule has 2 aromatic heterocycles. The van der Waals surface area contributed by atoms with Crippen molar-refractivity contribution in [3.63, 3.8) is 0 Å². The van der Waals surface area contributed by atoms with Crippen molar-refractivity contribution in [1.82, 2.24) is 24.5 Å². The van der Waals surface area contributed by atoms with Gasteiger partial charge in [-0.3, -0.25) is 14.2 Å². The Labute approximate surface area is 220 Å². The fourth-order valence-corrected chi connectivity index (χ4v) is 3.92. The maximum Gasteiger partial charge on any atom is 0.416 e. The number of nitrogens with zero attached hydrogens (tertiary/aromatic N) is 6. The number of Topliss-reactive ketones (excluding diaryl/α,β-unsaturated/α-hetero) is 2. The van der Waals surface area contributed by atoms with E-state index >= 15 is 0 Å². The van der Waals surface area contributed by atoms with Crippen LogP contribution in [0.15, 0.2) is 61.2 Å². The van der Waals surface area contributed by atoms with Crippen molar-refractivity contribution < 1.29 is 35.9 Å². The molecule has 0 spiro atoms. The number of ketones is 2. The van der Waals surface area contributed by atoms with E-state index in [2.05, 4.69) is 15.3 Å². The summed E-state index contributed by atoms with van der Waals surface area (Å²) < 4.78 is 82.0. The SMILES string of the molecule is N#CC(C(=O)c1ccccc1Cl)C(=O)c1nnn(Cc2cc(C(F)(F)F)cc(C(F)(F)F)c2)c1-n1ccnc1. The third kappa shape index (κ3) is 5.68. The summed E-state index contributed by atoms with van der Waals surface area (Å²) in [5.74, 6) is -4.22. The number of carbonyl (C=O) groups is 2. The van der Waals surface area contributed by atoms with Crippen molar-refractivity contribution in [2.75, 3.05) is 0 Å². The van der Waals surface area contributed by atoms with Gasteiger partial charge in [0.1, 0.15) is 6.33 Å². The van der Waals surface area contributed by atoms with Crippen molar-refractivity contribution in [1.29, 1.82) is 5.26 Å². The fraction of sp³-hybridized carbons (Fsp3) is 0.167. The molecule has 0 bridgehead atoms. The number of carbonyl (C=O) groups excluding carboxylic acids is 2. The van der Waals surface area contributed by atoms with Crippen molar-refractivity contribution in [2.45, 2.75) is 18.9 Å². The van der Waals surface area contributed by atoms with E-state index in [4.69, 9.17) is 11.6 Å². The smallest absolute Gasteiger partial charge is 0.292 e. The Bertz CT molecular complexity index is 1560. The largest absolute Gasteiger partial charge is 0.416 e. The van der Waals surface area contributed by atoms with Gasteiger partial charge in [0.2, 0.25) is 5.78 Å². The first-order valence-electron chi connectivity index (χ1n) is 10.7. The lowest BCUT2D eigenvalue weighted by atomic mass is 9.93. The van der Waals surface area contributed by atoms with Crippen LogP contribution in [0.1, 0.15) is 37.5 Å². The van der Waals surface area contributed by atoms with Crippen LogP contribution in [0.3, 0.4) is 0 Å². The third-order valence-corrected chi connectivity index (χ3v) is 5.79. The number of alkyl halides is 6. The van der Waals surface area contributed by atoms with Crippen LogP contribution in [0.2, 0.25) is 5.02 Å². The van der Waals surface area contributed by atoms with Gasteiger partial charge in [-0.15, -0.1) is 5.10 Å². The number of hydrogen-bond acceptors (Lipinski definition) is 6. The average Bonchev–Trinajstić information content (AvgIpc) is 3.53. The van der Waals surface area contributed by atoms with Crippen molar-refractivity contribution in [3.05, 3.63) is 94.2 Å². The van der Waals surface area contributed by atoms with E-state index in [1.165, 1.54) is 41.2 Å². The van der Waals surface area contributed by atoms with Gasteiger partial charge in [0, 0.05) is 18.0 Å². The summed E-state index contributed by atoms with van der Waals surface area (Å²) in [6.07, 6.45) is -6.42. The van der Waals surface area contributed by atoms with E-state index < -0.39 is 58.8 Å². The highest BCUT2D eigenvalue weighted by Crippen LogP contribution is 2.36. The zero-order chi connectivity index (χ0) is 28.5. The van der Waals surface area contributed by atoms with E-state index in [9.17, 15) is 41.2 Å². The minimum absolute atomic E-state index is 0.0148. The Hall–Kier alpha value is -4.51. The van der Waals surface area contributed by atoms with Gasteiger partial charge in [-0.25, -0.2) is 9.67 Å². The van der Waals surface area contributed by atoms with Crippen LogP contribution in [0.25, 0.3) is 5.82 Å². The number of hydrogen-bond donors (Lipinski definition) is 0. The van der Waals surface area contributed by atoms with Crippen LogP contribution in [-0.4, -0.2) is 36.1 Å². The van der Waals surface area contributed by atoms with Crippen LogP contribution < -0.4 is 0 Å². The molecule has 0 saturated heterocycles. The molecule has 0 fully saturated rings. The number of aromatic nitrogens is 5. The summed E-state index contributed by atoms with van der Waals surface area (Å²) in [4.78, 5) is 30.1. The van der Waals surface area contributed by atoms with E-state index in [1.807, 2.05) is 0 Å². The lowest BCUT2D eigenvalue weighted by Gasteiger charge is -2.15. The second kappa shape index (κ2) is 10.3. The molecule has 0 aliphatic rings. The Morgan fingerprint density at radius 2 is 1.64 bits per heavy atom. The van der Waals surface area contributed by atoms with E-state index in [0.29, 0.717) is 12.1 Å². The first kappa shape index (κ1) is 27.5. The molecule has 1 unspecified atom stereocenters. The lowest BCUT2D eigenvalue weighted by Crippen LogP contribution is -2.25. The molecule has 0 amide bonds. The highest BCUT2D eigenvalue weighted by molar-refractivity contribution is 6.35. The van der Waals surface area contributed by atoms with E-state index in [-0.39, 0.29) is 22.5 Å². The van der Waals surface area contributed by atoms with Gasteiger partial charge >= 0.3 is 12.4 Å². The van der Waals surface area contributed by atoms with Gasteiger partial charge in [0.15, 0.2) is 23.2 Å². The van der Waals surface area contributed by atoms with Gasteiger partial charge < -0.3 is 0 Å². The number of benzene rings is 2. The Morgan fingerprint density at radius 1 is 1.00 bits per heavy atom. The summed E-state index contributed by atoms with van der Waals surface area (Å²) in [6.45, 7) is -0.684. The lowest BCUT2D eigenvalue weighted by molar-refractivity contribution is -0.143. The predicted octanol–water partition coefficient (Wildman–Crippen LogP) is 5.41. The Kier molecular flexibility index (Phi) is 7.29. The zero-order valence-corrected chi connectivity index (χ0v) is 20.0. The molecule has 0 N–H and O–H groups in total. The zero-order valence-electron chi connectivity index (χ0n) is 19.2. The molecule has 0 aliphatic carbocycles. The normalized spacial score (nSPS) is 12.7. The molecule has 0 radical (unpaired) electrons. The van der Waals surface area contributed by atoms with Crippen molar-refractivity contribution in [2.24, 2.45) is 5.92 Å². The predicted molar refractivity (Wildman–Crippen MR) is 122 cm³/mol. The standard InChI is InChI=1S/C24H13ClF6N6O2/c25-18-4-2-1-3-16(18)20(38)17(10-32)21(39)19-22(36-6-5-33-12-36)37(35-34-19)11-13-7-14(23(26,27)28)9-15(8-13)24(29,30)31/h1-9,12,17H,11H2. The third-order valence-electron chi connectivity index (χ3n) is 5.46. The first-order chi connectivity index (χ1) is 18.3. The molecule has 2 heterocycles. The molecule has 0 saturated carbocycles. The molecule has 4 aromatic rings. The fourth-order valence-electron chi connectivity index (χ4n) is 3.69. The molecule has 39 heavy (non-hydrogen) atoms.